The second-order valence-electron chi connectivity index (χ2n) is 11.0. The van der Waals surface area contributed by atoms with E-state index in [-0.39, 0.29) is 30.2 Å². The maximum absolute atomic E-state index is 14.0. The highest BCUT2D eigenvalue weighted by Crippen LogP contribution is 2.38. The number of piperidine rings is 1. The highest BCUT2D eigenvalue weighted by Gasteiger charge is 2.39. The molecule has 2 saturated heterocycles. The van der Waals surface area contributed by atoms with Gasteiger partial charge in [0.25, 0.3) is 0 Å². The Morgan fingerprint density at radius 2 is 1.53 bits per heavy atom. The number of carbonyl (C=O) groups excluding carboxylic acids is 2. The van der Waals surface area contributed by atoms with E-state index >= 15 is 0 Å². The SMILES string of the molecule is CNC(=O)N1CCN([C@H]2CCN(C(=O)N(C)Cc3cc(C(F)(F)F)cc(C(F)(F)F)c3)[C@@H](c3ccc(F)cc3C)C2)CC1. The molecule has 4 rings (SSSR count). The van der Waals surface area contributed by atoms with E-state index in [0.29, 0.717) is 62.3 Å². The van der Waals surface area contributed by atoms with Crippen LogP contribution in [0.3, 0.4) is 0 Å². The van der Waals surface area contributed by atoms with Gasteiger partial charge in [0.15, 0.2) is 0 Å². The van der Waals surface area contributed by atoms with Crippen molar-refractivity contribution in [2.45, 2.75) is 50.7 Å². The normalized spacial score (nSPS) is 20.2. The summed E-state index contributed by atoms with van der Waals surface area (Å²) in [6, 6.07) is 4.33. The molecule has 0 aromatic heterocycles. The lowest BCUT2D eigenvalue weighted by Gasteiger charge is -2.47. The van der Waals surface area contributed by atoms with Gasteiger partial charge >= 0.3 is 24.4 Å². The third-order valence-electron chi connectivity index (χ3n) is 8.14. The molecule has 2 aliphatic rings. The fourth-order valence-electron chi connectivity index (χ4n) is 5.93. The molecule has 0 unspecified atom stereocenters. The van der Waals surface area contributed by atoms with Crippen molar-refractivity contribution in [3.05, 3.63) is 70.0 Å². The fraction of sp³-hybridized carbons (Fsp3) is 0.517. The number of carbonyl (C=O) groups is 2. The highest BCUT2D eigenvalue weighted by atomic mass is 19.4. The number of hydrogen-bond donors (Lipinski definition) is 1. The quantitative estimate of drug-likeness (QED) is 0.436. The van der Waals surface area contributed by atoms with Crippen molar-refractivity contribution in [3.63, 3.8) is 0 Å². The summed E-state index contributed by atoms with van der Waals surface area (Å²) < 4.78 is 94.3. The van der Waals surface area contributed by atoms with Crippen LogP contribution in [0.25, 0.3) is 0 Å². The third-order valence-corrected chi connectivity index (χ3v) is 8.14. The standard InChI is InChI=1S/C29H34F7N5O2/c1-18-12-22(30)4-5-24(18)25-16-23(39-8-10-40(11-9-39)26(42)37-2)6-7-41(25)27(43)38(3)17-19-13-20(28(31,32)33)15-21(14-19)29(34,35)36/h4-5,12-15,23,25H,6-11,16-17H2,1-3H3,(H,37,42)/t23-,25+/m0/s1. The molecule has 4 amide bonds. The van der Waals surface area contributed by atoms with Gasteiger partial charge in [0.05, 0.1) is 17.2 Å². The Morgan fingerprint density at radius 1 is 0.930 bits per heavy atom. The molecule has 43 heavy (non-hydrogen) atoms. The topological polar surface area (TPSA) is 59.1 Å². The minimum atomic E-state index is -5.00. The molecule has 0 bridgehead atoms. The molecule has 1 N–H and O–H groups in total. The van der Waals surface area contributed by atoms with E-state index in [1.54, 1.807) is 29.8 Å². The first kappa shape index (κ1) is 32.4. The van der Waals surface area contributed by atoms with Crippen LogP contribution in [0.5, 0.6) is 0 Å². The van der Waals surface area contributed by atoms with Crippen molar-refractivity contribution in [1.29, 1.82) is 0 Å². The molecular formula is C29H34F7N5O2. The number of halogens is 7. The number of alkyl halides is 6. The predicted molar refractivity (Wildman–Crippen MR) is 145 cm³/mol. The van der Waals surface area contributed by atoms with Gasteiger partial charge in [-0.2, -0.15) is 26.3 Å². The second-order valence-corrected chi connectivity index (χ2v) is 11.0. The minimum absolute atomic E-state index is 0.0356. The van der Waals surface area contributed by atoms with Crippen LogP contribution in [0.1, 0.15) is 46.7 Å². The van der Waals surface area contributed by atoms with Gasteiger partial charge in [-0.3, -0.25) is 4.90 Å². The molecule has 14 heteroatoms. The molecule has 7 nitrogen and oxygen atoms in total. The molecule has 2 fully saturated rings. The van der Waals surface area contributed by atoms with Crippen molar-refractivity contribution in [2.75, 3.05) is 46.8 Å². The molecule has 0 radical (unpaired) electrons. The monoisotopic (exact) mass is 617 g/mol. The van der Waals surface area contributed by atoms with Gasteiger partial charge in [-0.25, -0.2) is 14.0 Å². The van der Waals surface area contributed by atoms with E-state index in [2.05, 4.69) is 10.2 Å². The molecule has 0 saturated carbocycles. The lowest BCUT2D eigenvalue weighted by Crippen LogP contribution is -2.57. The molecule has 2 aromatic carbocycles. The molecule has 236 valence electrons. The number of nitrogens with zero attached hydrogens (tertiary/aromatic N) is 4. The number of urea groups is 2. The van der Waals surface area contributed by atoms with Crippen molar-refractivity contribution in [2.24, 2.45) is 0 Å². The first-order valence-corrected chi connectivity index (χ1v) is 13.8. The Balaban J connectivity index is 1.57. The summed E-state index contributed by atoms with van der Waals surface area (Å²) in [6.07, 6.45) is -8.96. The number of benzene rings is 2. The van der Waals surface area contributed by atoms with E-state index in [0.717, 1.165) is 4.90 Å². The zero-order chi connectivity index (χ0) is 31.7. The minimum Gasteiger partial charge on any atom is -0.341 e. The Morgan fingerprint density at radius 3 is 2.07 bits per heavy atom. The van der Waals surface area contributed by atoms with Crippen LogP contribution in [-0.4, -0.2) is 84.5 Å². The van der Waals surface area contributed by atoms with Gasteiger partial charge in [0, 0.05) is 59.4 Å². The van der Waals surface area contributed by atoms with Crippen LogP contribution in [0.2, 0.25) is 0 Å². The lowest BCUT2D eigenvalue weighted by atomic mass is 9.88. The fourth-order valence-corrected chi connectivity index (χ4v) is 5.93. The van der Waals surface area contributed by atoms with Gasteiger partial charge in [-0.15, -0.1) is 0 Å². The van der Waals surface area contributed by atoms with Gasteiger partial charge in [0.2, 0.25) is 0 Å². The van der Waals surface area contributed by atoms with Gasteiger partial charge in [-0.1, -0.05) is 6.07 Å². The number of rotatable bonds is 4. The Kier molecular flexibility index (Phi) is 9.48. The van der Waals surface area contributed by atoms with Crippen LogP contribution in [0.4, 0.5) is 40.3 Å². The van der Waals surface area contributed by atoms with E-state index < -0.39 is 47.9 Å². The Labute approximate surface area is 245 Å². The summed E-state index contributed by atoms with van der Waals surface area (Å²) in [5.74, 6) is -0.445. The summed E-state index contributed by atoms with van der Waals surface area (Å²) >= 11 is 0. The highest BCUT2D eigenvalue weighted by molar-refractivity contribution is 5.75. The molecular weight excluding hydrogens is 583 g/mol. The summed E-state index contributed by atoms with van der Waals surface area (Å²) in [7, 11) is 2.89. The zero-order valence-corrected chi connectivity index (χ0v) is 24.0. The number of hydrogen-bond acceptors (Lipinski definition) is 3. The molecule has 2 aliphatic heterocycles. The largest absolute Gasteiger partial charge is 0.416 e. The summed E-state index contributed by atoms with van der Waals surface area (Å²) in [5, 5.41) is 2.61. The summed E-state index contributed by atoms with van der Waals surface area (Å²) in [6.45, 7) is 3.80. The summed E-state index contributed by atoms with van der Waals surface area (Å²) in [4.78, 5) is 32.3. The van der Waals surface area contributed by atoms with E-state index in [4.69, 9.17) is 0 Å². The van der Waals surface area contributed by atoms with Crippen LogP contribution in [0.15, 0.2) is 36.4 Å². The van der Waals surface area contributed by atoms with Gasteiger partial charge < -0.3 is 20.0 Å². The van der Waals surface area contributed by atoms with Gasteiger partial charge in [0.1, 0.15) is 5.82 Å². The van der Waals surface area contributed by atoms with E-state index in [1.807, 2.05) is 0 Å². The molecule has 0 spiro atoms. The van der Waals surface area contributed by atoms with Crippen molar-refractivity contribution < 1.29 is 40.3 Å². The molecule has 2 aromatic rings. The lowest BCUT2D eigenvalue weighted by molar-refractivity contribution is -0.143. The average molecular weight is 618 g/mol. The number of piperazine rings is 1. The first-order chi connectivity index (χ1) is 20.1. The van der Waals surface area contributed by atoms with E-state index in [9.17, 15) is 40.3 Å². The second kappa shape index (κ2) is 12.6. The summed E-state index contributed by atoms with van der Waals surface area (Å²) in [5.41, 5.74) is -1.89. The van der Waals surface area contributed by atoms with Crippen molar-refractivity contribution >= 4 is 12.1 Å². The predicted octanol–water partition coefficient (Wildman–Crippen LogP) is 5.89. The average Bonchev–Trinajstić information content (AvgIpc) is 2.95. The van der Waals surface area contributed by atoms with Crippen molar-refractivity contribution in [3.8, 4) is 0 Å². The molecule has 0 aliphatic carbocycles. The number of nitrogens with one attached hydrogen (secondary N) is 1. The zero-order valence-electron chi connectivity index (χ0n) is 24.0. The third kappa shape index (κ3) is 7.51. The number of aryl methyl sites for hydroxylation is 1. The van der Waals surface area contributed by atoms with Crippen LogP contribution in [0, 0.1) is 12.7 Å². The smallest absolute Gasteiger partial charge is 0.341 e. The Hall–Kier alpha value is -3.55. The van der Waals surface area contributed by atoms with Crippen molar-refractivity contribution in [1.82, 2.24) is 24.9 Å². The maximum atomic E-state index is 14.0. The Bertz CT molecular complexity index is 1290. The van der Waals surface area contributed by atoms with Crippen LogP contribution in [-0.2, 0) is 18.9 Å². The number of likely N-dealkylation sites (tertiary alicyclic amines) is 1. The maximum Gasteiger partial charge on any atom is 0.416 e. The van der Waals surface area contributed by atoms with Gasteiger partial charge in [-0.05, 0) is 66.8 Å². The van der Waals surface area contributed by atoms with Crippen LogP contribution < -0.4 is 5.32 Å². The molecule has 2 heterocycles. The first-order valence-electron chi connectivity index (χ1n) is 13.8. The van der Waals surface area contributed by atoms with E-state index in [1.165, 1.54) is 19.2 Å². The van der Waals surface area contributed by atoms with Crippen LogP contribution >= 0.6 is 0 Å². The molecule has 2 atom stereocenters. The number of amides is 4.